The quantitative estimate of drug-likeness (QED) is 0.272. The van der Waals surface area contributed by atoms with E-state index in [2.05, 4.69) is 20.7 Å². The number of thioether (sulfide) groups is 1. The summed E-state index contributed by atoms with van der Waals surface area (Å²) < 4.78 is 7.05. The second kappa shape index (κ2) is 11.3. The molecule has 1 heterocycles. The highest BCUT2D eigenvalue weighted by molar-refractivity contribution is 7.99. The Kier molecular flexibility index (Phi) is 8.23. The molecule has 9 nitrogen and oxygen atoms in total. The average molecular weight is 473 g/mol. The molecule has 0 saturated carbocycles. The second-order valence-corrected chi connectivity index (χ2v) is 7.72. The Morgan fingerprint density at radius 2 is 1.97 bits per heavy atom. The lowest BCUT2D eigenvalue weighted by atomic mass is 10.2. The molecule has 3 aromatic rings. The van der Waals surface area contributed by atoms with Crippen LogP contribution in [0.15, 0.2) is 58.8 Å². The number of hydrazone groups is 1. The van der Waals surface area contributed by atoms with Gasteiger partial charge in [-0.3, -0.25) is 4.79 Å². The molecule has 3 rings (SSSR count). The number of ether oxygens (including phenoxy) is 1. The van der Waals surface area contributed by atoms with Crippen molar-refractivity contribution in [3.05, 3.63) is 59.1 Å². The predicted molar refractivity (Wildman–Crippen MR) is 120 cm³/mol. The van der Waals surface area contributed by atoms with E-state index in [9.17, 15) is 14.7 Å². The highest BCUT2D eigenvalue weighted by atomic mass is 35.5. The third-order valence-corrected chi connectivity index (χ3v) is 5.34. The topological polar surface area (TPSA) is 122 Å². The number of nitrogens with zero attached hydrogens (tertiary/aromatic N) is 4. The highest BCUT2D eigenvalue weighted by Gasteiger charge is 2.14. The molecule has 0 atom stereocenters. The highest BCUT2D eigenvalue weighted by Crippen LogP contribution is 2.25. The first-order chi connectivity index (χ1) is 15.5. The van der Waals surface area contributed by atoms with Gasteiger partial charge in [-0.05, 0) is 43.3 Å². The summed E-state index contributed by atoms with van der Waals surface area (Å²) in [7, 11) is 0. The first kappa shape index (κ1) is 23.3. The van der Waals surface area contributed by atoms with Gasteiger partial charge >= 0.3 is 0 Å². The van der Waals surface area contributed by atoms with Crippen molar-refractivity contribution in [3.63, 3.8) is 0 Å². The number of hydrogen-bond acceptors (Lipinski definition) is 8. The largest absolute Gasteiger partial charge is 0.546 e. The Morgan fingerprint density at radius 1 is 1.22 bits per heavy atom. The number of benzene rings is 2. The molecule has 1 aromatic heterocycles. The third kappa shape index (κ3) is 6.32. The Labute approximate surface area is 193 Å². The Hall–Kier alpha value is -3.37. The molecule has 0 aliphatic heterocycles. The summed E-state index contributed by atoms with van der Waals surface area (Å²) in [6, 6.07) is 14.0. The number of para-hydroxylation sites is 1. The van der Waals surface area contributed by atoms with E-state index < -0.39 is 12.6 Å². The van der Waals surface area contributed by atoms with E-state index in [1.807, 2.05) is 23.6 Å². The monoisotopic (exact) mass is 472 g/mol. The maximum Gasteiger partial charge on any atom is 0.250 e. The minimum Gasteiger partial charge on any atom is -0.546 e. The SMILES string of the molecule is CCn1c(SCC(=O)N/N=C\c2ccccc2OCC(=O)[O-])nnc1-c1ccc(Cl)cc1. The smallest absolute Gasteiger partial charge is 0.250 e. The lowest BCUT2D eigenvalue weighted by Gasteiger charge is -2.09. The average Bonchev–Trinajstić information content (AvgIpc) is 3.20. The third-order valence-electron chi connectivity index (χ3n) is 4.13. The normalized spacial score (nSPS) is 10.9. The molecule has 2 aromatic carbocycles. The van der Waals surface area contributed by atoms with Gasteiger partial charge in [0.25, 0.3) is 5.91 Å². The van der Waals surface area contributed by atoms with E-state index in [4.69, 9.17) is 16.3 Å². The molecule has 0 bridgehead atoms. The lowest BCUT2D eigenvalue weighted by Crippen LogP contribution is -2.29. The summed E-state index contributed by atoms with van der Waals surface area (Å²) in [6.45, 7) is 2.02. The van der Waals surface area contributed by atoms with Crippen LogP contribution in [0, 0.1) is 0 Å². The van der Waals surface area contributed by atoms with Gasteiger partial charge in [0.1, 0.15) is 12.4 Å². The van der Waals surface area contributed by atoms with E-state index >= 15 is 0 Å². The van der Waals surface area contributed by atoms with Crippen LogP contribution in [0.4, 0.5) is 0 Å². The molecule has 0 aliphatic rings. The standard InChI is InChI=1S/C21H20ClN5O4S/c1-2-27-20(14-7-9-16(22)10-8-14)25-26-21(27)32-13-18(28)24-23-11-15-5-3-4-6-17(15)31-12-19(29)30/h3-11H,2,12-13H2,1H3,(H,24,28)(H,29,30)/p-1/b23-11-. The molecule has 0 fully saturated rings. The summed E-state index contributed by atoms with van der Waals surface area (Å²) in [5.74, 6) is -0.578. The van der Waals surface area contributed by atoms with Gasteiger partial charge in [0, 0.05) is 22.7 Å². The number of carbonyl (C=O) groups is 2. The van der Waals surface area contributed by atoms with Crippen LogP contribution in [0.2, 0.25) is 5.02 Å². The van der Waals surface area contributed by atoms with Gasteiger partial charge in [0.2, 0.25) is 0 Å². The fraction of sp³-hybridized carbons (Fsp3) is 0.190. The summed E-state index contributed by atoms with van der Waals surface area (Å²) >= 11 is 7.18. The van der Waals surface area contributed by atoms with Crippen molar-refractivity contribution < 1.29 is 19.4 Å². The van der Waals surface area contributed by atoms with E-state index in [1.165, 1.54) is 18.0 Å². The molecule has 1 N–H and O–H groups in total. The van der Waals surface area contributed by atoms with Gasteiger partial charge in [0.15, 0.2) is 11.0 Å². The minimum atomic E-state index is -1.33. The molecule has 166 valence electrons. The van der Waals surface area contributed by atoms with Crippen molar-refractivity contribution in [2.24, 2.45) is 5.10 Å². The number of hydrogen-bond donors (Lipinski definition) is 1. The predicted octanol–water partition coefficient (Wildman–Crippen LogP) is 1.99. The van der Waals surface area contributed by atoms with Crippen LogP contribution in [0.3, 0.4) is 0 Å². The van der Waals surface area contributed by atoms with Crippen molar-refractivity contribution in [2.45, 2.75) is 18.6 Å². The van der Waals surface area contributed by atoms with Gasteiger partial charge in [0.05, 0.1) is 17.9 Å². The number of carbonyl (C=O) groups excluding carboxylic acids is 2. The maximum atomic E-state index is 12.2. The fourth-order valence-corrected chi connectivity index (χ4v) is 3.61. The van der Waals surface area contributed by atoms with Gasteiger partial charge in [-0.25, -0.2) is 5.43 Å². The fourth-order valence-electron chi connectivity index (χ4n) is 2.68. The molecule has 0 saturated heterocycles. The van der Waals surface area contributed by atoms with E-state index in [-0.39, 0.29) is 11.7 Å². The van der Waals surface area contributed by atoms with Crippen LogP contribution in [-0.4, -0.2) is 45.2 Å². The van der Waals surface area contributed by atoms with E-state index in [0.717, 1.165) is 5.56 Å². The zero-order chi connectivity index (χ0) is 22.9. The first-order valence-electron chi connectivity index (χ1n) is 9.53. The zero-order valence-corrected chi connectivity index (χ0v) is 18.6. The molecule has 0 aliphatic carbocycles. The summed E-state index contributed by atoms with van der Waals surface area (Å²) in [5.41, 5.74) is 3.82. The van der Waals surface area contributed by atoms with Gasteiger partial charge in [-0.15, -0.1) is 10.2 Å². The number of carboxylic acids is 1. The number of halogens is 1. The second-order valence-electron chi connectivity index (χ2n) is 6.34. The van der Waals surface area contributed by atoms with Crippen LogP contribution in [0.5, 0.6) is 5.75 Å². The molecule has 11 heteroatoms. The summed E-state index contributed by atoms with van der Waals surface area (Å²) in [4.78, 5) is 22.8. The molecule has 0 radical (unpaired) electrons. The maximum absolute atomic E-state index is 12.2. The van der Waals surface area contributed by atoms with Crippen LogP contribution in [0.1, 0.15) is 12.5 Å². The van der Waals surface area contributed by atoms with E-state index in [1.54, 1.807) is 36.4 Å². The van der Waals surface area contributed by atoms with E-state index in [0.29, 0.717) is 33.9 Å². The first-order valence-corrected chi connectivity index (χ1v) is 10.9. The number of amides is 1. The molecule has 0 unspecified atom stereocenters. The van der Waals surface area contributed by atoms with Crippen molar-refractivity contribution in [1.29, 1.82) is 0 Å². The number of nitrogens with one attached hydrogen (secondary N) is 1. The zero-order valence-electron chi connectivity index (χ0n) is 17.0. The molecular weight excluding hydrogens is 454 g/mol. The van der Waals surface area contributed by atoms with Crippen molar-refractivity contribution in [3.8, 4) is 17.1 Å². The van der Waals surface area contributed by atoms with Crippen LogP contribution in [-0.2, 0) is 16.1 Å². The Bertz CT molecular complexity index is 1120. The lowest BCUT2D eigenvalue weighted by molar-refractivity contribution is -0.307. The number of aromatic nitrogens is 3. The number of aliphatic carboxylic acids is 1. The summed E-state index contributed by atoms with van der Waals surface area (Å²) in [5, 5.41) is 24.1. The van der Waals surface area contributed by atoms with Crippen LogP contribution < -0.4 is 15.3 Å². The minimum absolute atomic E-state index is 0.0823. The number of rotatable bonds is 10. The molecule has 1 amide bonds. The van der Waals surface area contributed by atoms with Crippen LogP contribution in [0.25, 0.3) is 11.4 Å². The summed E-state index contributed by atoms with van der Waals surface area (Å²) in [6.07, 6.45) is 1.38. The number of carboxylic acid groups (broad SMARTS) is 1. The molecule has 0 spiro atoms. The van der Waals surface area contributed by atoms with Gasteiger partial charge in [-0.2, -0.15) is 5.10 Å². The van der Waals surface area contributed by atoms with Crippen LogP contribution >= 0.6 is 23.4 Å². The Morgan fingerprint density at radius 3 is 2.69 bits per heavy atom. The molecular formula is C21H19ClN5O4S-. The molecule has 32 heavy (non-hydrogen) atoms. The van der Waals surface area contributed by atoms with Crippen molar-refractivity contribution in [2.75, 3.05) is 12.4 Å². The van der Waals surface area contributed by atoms with Gasteiger partial charge in [-0.1, -0.05) is 35.5 Å². The Balaban J connectivity index is 1.58. The van der Waals surface area contributed by atoms with Crippen molar-refractivity contribution in [1.82, 2.24) is 20.2 Å². The van der Waals surface area contributed by atoms with Crippen molar-refractivity contribution >= 4 is 41.5 Å². The van der Waals surface area contributed by atoms with Gasteiger partial charge < -0.3 is 19.2 Å².